The molecular formula is C15H15NO4S. The van der Waals surface area contributed by atoms with Gasteiger partial charge in [-0.2, -0.15) is 0 Å². The Morgan fingerprint density at radius 1 is 1.48 bits per heavy atom. The Balaban J connectivity index is 2.19. The van der Waals surface area contributed by atoms with Gasteiger partial charge in [-0.3, -0.25) is 0 Å². The van der Waals surface area contributed by atoms with Crippen molar-refractivity contribution in [2.45, 2.75) is 13.5 Å². The second kappa shape index (κ2) is 6.90. The summed E-state index contributed by atoms with van der Waals surface area (Å²) in [6.45, 7) is 2.26. The molecule has 110 valence electrons. The molecule has 2 rings (SSSR count). The van der Waals surface area contributed by atoms with Gasteiger partial charge >= 0.3 is 5.97 Å². The fourth-order valence-corrected chi connectivity index (χ4v) is 2.36. The lowest BCUT2D eigenvalue weighted by Crippen LogP contribution is -1.98. The average molecular weight is 305 g/mol. The first-order chi connectivity index (χ1) is 10.1. The van der Waals surface area contributed by atoms with E-state index in [1.54, 1.807) is 25.3 Å². The van der Waals surface area contributed by atoms with Gasteiger partial charge in [-0.25, -0.2) is 9.78 Å². The maximum Gasteiger partial charge on any atom is 0.328 e. The zero-order valence-electron chi connectivity index (χ0n) is 11.7. The number of hydrogen-bond donors (Lipinski definition) is 1. The number of aryl methyl sites for hydroxylation is 1. The lowest BCUT2D eigenvalue weighted by atomic mass is 10.1. The van der Waals surface area contributed by atoms with Gasteiger partial charge in [-0.15, -0.1) is 11.3 Å². The summed E-state index contributed by atoms with van der Waals surface area (Å²) in [4.78, 5) is 15.0. The Morgan fingerprint density at radius 3 is 2.90 bits per heavy atom. The minimum atomic E-state index is -1.01. The predicted octanol–water partition coefficient (Wildman–Crippen LogP) is 3.14. The monoisotopic (exact) mass is 305 g/mol. The van der Waals surface area contributed by atoms with Crippen LogP contribution in [0.2, 0.25) is 0 Å². The van der Waals surface area contributed by atoms with Crippen molar-refractivity contribution >= 4 is 23.4 Å². The highest BCUT2D eigenvalue weighted by molar-refractivity contribution is 7.09. The first kappa shape index (κ1) is 15.1. The first-order valence-electron chi connectivity index (χ1n) is 6.21. The molecule has 0 saturated heterocycles. The van der Waals surface area contributed by atoms with Crippen molar-refractivity contribution in [3.8, 4) is 11.5 Å². The Kier molecular flexibility index (Phi) is 4.94. The number of thiazole rings is 1. The Morgan fingerprint density at radius 2 is 2.29 bits per heavy atom. The molecule has 2 aromatic rings. The highest BCUT2D eigenvalue weighted by Gasteiger charge is 2.06. The summed E-state index contributed by atoms with van der Waals surface area (Å²) >= 11 is 1.52. The summed E-state index contributed by atoms with van der Waals surface area (Å²) in [5.41, 5.74) is 1.63. The largest absolute Gasteiger partial charge is 0.497 e. The molecule has 1 aromatic heterocycles. The van der Waals surface area contributed by atoms with Gasteiger partial charge in [0, 0.05) is 28.8 Å². The second-order valence-electron chi connectivity index (χ2n) is 4.25. The lowest BCUT2D eigenvalue weighted by molar-refractivity contribution is -0.131. The molecule has 0 aliphatic heterocycles. The fourth-order valence-electron chi connectivity index (χ4n) is 1.67. The van der Waals surface area contributed by atoms with Crippen molar-refractivity contribution < 1.29 is 19.4 Å². The Bertz CT molecular complexity index is 663. The summed E-state index contributed by atoms with van der Waals surface area (Å²) in [6.07, 6.45) is 2.56. The fraction of sp³-hybridized carbons (Fsp3) is 0.200. The number of nitrogens with zero attached hydrogens (tertiary/aromatic N) is 1. The molecule has 0 radical (unpaired) electrons. The average Bonchev–Trinajstić information content (AvgIpc) is 2.88. The van der Waals surface area contributed by atoms with E-state index >= 15 is 0 Å². The Labute approximate surface area is 126 Å². The molecule has 0 fully saturated rings. The summed E-state index contributed by atoms with van der Waals surface area (Å²) in [5.74, 6) is 0.194. The minimum Gasteiger partial charge on any atom is -0.497 e. The number of carbonyl (C=O) groups is 1. The van der Waals surface area contributed by atoms with Gasteiger partial charge in [-0.1, -0.05) is 0 Å². The molecule has 0 spiro atoms. The Hall–Kier alpha value is -2.34. The zero-order chi connectivity index (χ0) is 15.2. The summed E-state index contributed by atoms with van der Waals surface area (Å²) in [6, 6.07) is 5.23. The molecule has 0 aliphatic carbocycles. The van der Waals surface area contributed by atoms with Gasteiger partial charge in [-0.05, 0) is 25.1 Å². The number of aromatic nitrogens is 1. The molecule has 0 atom stereocenters. The number of hydrogen-bond acceptors (Lipinski definition) is 5. The number of aliphatic carboxylic acids is 1. The van der Waals surface area contributed by atoms with E-state index in [0.29, 0.717) is 23.7 Å². The molecule has 1 N–H and O–H groups in total. The molecule has 0 aliphatic rings. The van der Waals surface area contributed by atoms with Gasteiger partial charge in [0.2, 0.25) is 0 Å². The van der Waals surface area contributed by atoms with Gasteiger partial charge in [0.25, 0.3) is 0 Å². The molecule has 0 bridgehead atoms. The van der Waals surface area contributed by atoms with Crippen LogP contribution in [0.1, 0.15) is 16.3 Å². The summed E-state index contributed by atoms with van der Waals surface area (Å²) in [7, 11) is 1.57. The van der Waals surface area contributed by atoms with E-state index in [4.69, 9.17) is 14.6 Å². The van der Waals surface area contributed by atoms with Gasteiger partial charge in [0.15, 0.2) is 0 Å². The van der Waals surface area contributed by atoms with Crippen molar-refractivity contribution in [2.75, 3.05) is 7.11 Å². The van der Waals surface area contributed by atoms with Crippen LogP contribution in [0.3, 0.4) is 0 Å². The number of rotatable bonds is 6. The minimum absolute atomic E-state index is 0.333. The molecule has 0 saturated carbocycles. The van der Waals surface area contributed by atoms with E-state index in [1.807, 2.05) is 12.3 Å². The van der Waals surface area contributed by atoms with Crippen LogP contribution in [-0.2, 0) is 11.4 Å². The molecule has 6 heteroatoms. The third-order valence-corrected chi connectivity index (χ3v) is 3.58. The zero-order valence-corrected chi connectivity index (χ0v) is 12.5. The molecule has 5 nitrogen and oxygen atoms in total. The normalized spacial score (nSPS) is 10.8. The number of carboxylic acid groups (broad SMARTS) is 1. The lowest BCUT2D eigenvalue weighted by Gasteiger charge is -2.10. The quantitative estimate of drug-likeness (QED) is 0.830. The van der Waals surface area contributed by atoms with E-state index in [0.717, 1.165) is 16.8 Å². The van der Waals surface area contributed by atoms with E-state index in [9.17, 15) is 4.79 Å². The van der Waals surface area contributed by atoms with E-state index in [2.05, 4.69) is 4.98 Å². The number of methoxy groups -OCH3 is 1. The molecule has 1 heterocycles. The van der Waals surface area contributed by atoms with Crippen LogP contribution in [0.4, 0.5) is 0 Å². The number of carboxylic acids is 1. The van der Waals surface area contributed by atoms with Crippen molar-refractivity contribution in [2.24, 2.45) is 0 Å². The first-order valence-corrected chi connectivity index (χ1v) is 7.09. The van der Waals surface area contributed by atoms with Crippen LogP contribution >= 0.6 is 11.3 Å². The third-order valence-electron chi connectivity index (χ3n) is 2.64. The maximum atomic E-state index is 10.6. The molecular weight excluding hydrogens is 290 g/mol. The van der Waals surface area contributed by atoms with Crippen molar-refractivity contribution in [3.05, 3.63) is 45.9 Å². The summed E-state index contributed by atoms with van der Waals surface area (Å²) < 4.78 is 10.9. The second-order valence-corrected chi connectivity index (χ2v) is 5.19. The van der Waals surface area contributed by atoms with Crippen molar-refractivity contribution in [1.82, 2.24) is 4.98 Å². The SMILES string of the molecule is COc1ccc(/C=C/C(=O)O)c(OCc2nc(C)cs2)c1. The van der Waals surface area contributed by atoms with E-state index < -0.39 is 5.97 Å². The van der Waals surface area contributed by atoms with Gasteiger partial charge in [0.1, 0.15) is 23.1 Å². The molecule has 0 amide bonds. The van der Waals surface area contributed by atoms with Gasteiger partial charge < -0.3 is 14.6 Å². The van der Waals surface area contributed by atoms with Crippen LogP contribution < -0.4 is 9.47 Å². The van der Waals surface area contributed by atoms with Crippen molar-refractivity contribution in [3.63, 3.8) is 0 Å². The molecule has 1 aromatic carbocycles. The van der Waals surface area contributed by atoms with Gasteiger partial charge in [0.05, 0.1) is 7.11 Å². The topological polar surface area (TPSA) is 68.7 Å². The molecule has 0 unspecified atom stereocenters. The predicted molar refractivity (Wildman–Crippen MR) is 80.8 cm³/mol. The highest BCUT2D eigenvalue weighted by atomic mass is 32.1. The van der Waals surface area contributed by atoms with Crippen LogP contribution in [0, 0.1) is 6.92 Å². The summed E-state index contributed by atoms with van der Waals surface area (Å²) in [5, 5.41) is 11.5. The molecule has 21 heavy (non-hydrogen) atoms. The van der Waals surface area contributed by atoms with Crippen LogP contribution in [0.15, 0.2) is 29.7 Å². The van der Waals surface area contributed by atoms with E-state index in [-0.39, 0.29) is 0 Å². The number of benzene rings is 1. The van der Waals surface area contributed by atoms with Crippen LogP contribution in [0.5, 0.6) is 11.5 Å². The van der Waals surface area contributed by atoms with E-state index in [1.165, 1.54) is 17.4 Å². The number of ether oxygens (including phenoxy) is 2. The smallest absolute Gasteiger partial charge is 0.328 e. The third kappa shape index (κ3) is 4.32. The maximum absolute atomic E-state index is 10.6. The van der Waals surface area contributed by atoms with Crippen LogP contribution in [-0.4, -0.2) is 23.2 Å². The van der Waals surface area contributed by atoms with Crippen molar-refractivity contribution in [1.29, 1.82) is 0 Å². The standard InChI is InChI=1S/C15H15NO4S/c1-10-9-21-14(16-10)8-20-13-7-12(19-2)5-3-11(13)4-6-15(17)18/h3-7,9H,8H2,1-2H3,(H,17,18)/b6-4+. The van der Waals surface area contributed by atoms with Crippen LogP contribution in [0.25, 0.3) is 6.08 Å². The highest BCUT2D eigenvalue weighted by Crippen LogP contribution is 2.27.